The number of anilines is 4. The third kappa shape index (κ3) is 6.70. The van der Waals surface area contributed by atoms with Crippen molar-refractivity contribution in [2.75, 3.05) is 10.6 Å². The van der Waals surface area contributed by atoms with Gasteiger partial charge in [0.2, 0.25) is 0 Å². The molecule has 4 aromatic rings. The van der Waals surface area contributed by atoms with Gasteiger partial charge in [0.25, 0.3) is 0 Å². The number of rotatable bonds is 3. The van der Waals surface area contributed by atoms with Gasteiger partial charge in [-0.25, -0.2) is 0 Å². The number of allylic oxidation sites excluding steroid dienone is 4. The molecular weight excluding hydrogens is 472 g/mol. The van der Waals surface area contributed by atoms with Gasteiger partial charge in [0.15, 0.2) is 0 Å². The molecule has 0 saturated carbocycles. The van der Waals surface area contributed by atoms with E-state index in [0.717, 1.165) is 46.7 Å². The number of nitrogens with two attached hydrogens (primary N) is 1. The highest BCUT2D eigenvalue weighted by Crippen LogP contribution is 2.43. The second-order valence-corrected chi connectivity index (χ2v) is 9.46. The largest absolute Gasteiger partial charge is 0.399 e. The summed E-state index contributed by atoms with van der Waals surface area (Å²) < 4.78 is 0. The number of para-hydroxylation sites is 1. The zero-order valence-corrected chi connectivity index (χ0v) is 24.5. The molecule has 0 amide bonds. The molecule has 0 heterocycles. The molecule has 0 saturated heterocycles. The van der Waals surface area contributed by atoms with Crippen LogP contribution in [0.4, 0.5) is 22.7 Å². The summed E-state index contributed by atoms with van der Waals surface area (Å²) >= 11 is 0. The molecule has 0 radical (unpaired) electrons. The van der Waals surface area contributed by atoms with E-state index >= 15 is 0 Å². The normalized spacial score (nSPS) is 16.8. The molecular formula is C37H44N2. The maximum Gasteiger partial charge on any atom is 0.0546 e. The number of hydrogen-bond acceptors (Lipinski definition) is 2. The van der Waals surface area contributed by atoms with Crippen LogP contribution < -0.4 is 10.6 Å². The van der Waals surface area contributed by atoms with Crippen molar-refractivity contribution in [1.29, 1.82) is 0 Å². The lowest BCUT2D eigenvalue weighted by Gasteiger charge is -2.29. The predicted octanol–water partition coefficient (Wildman–Crippen LogP) is 11.3. The van der Waals surface area contributed by atoms with Gasteiger partial charge >= 0.3 is 0 Å². The zero-order chi connectivity index (χ0) is 28.4. The van der Waals surface area contributed by atoms with Crippen LogP contribution >= 0.6 is 0 Å². The van der Waals surface area contributed by atoms with Crippen molar-refractivity contribution >= 4 is 45.2 Å². The standard InChI is InChI=1S/C33H32N2.2C2H6/c1-23-12-7-8-13-24(2)31-22-33(30-19-10-9-18-29(30)32(31)20-25(23)3)35(27-15-5-4-6-16-27)28-17-11-14-26(34)21-28;2*1-2/h4-6,8-11,13-23H,2,7,12,34H2,1,3H3;2*1-2H3/b13-8-,25-20-;;. The summed E-state index contributed by atoms with van der Waals surface area (Å²) in [5.41, 5.74) is 15.1. The maximum atomic E-state index is 6.24. The lowest BCUT2D eigenvalue weighted by molar-refractivity contribution is 0.625. The Balaban J connectivity index is 0.00000100. The number of hydrogen-bond donors (Lipinski definition) is 1. The lowest BCUT2D eigenvalue weighted by Crippen LogP contribution is -2.12. The number of benzene rings is 4. The molecule has 0 aliphatic heterocycles. The first-order valence-electron chi connectivity index (χ1n) is 14.3. The van der Waals surface area contributed by atoms with Crippen LogP contribution in [0.2, 0.25) is 0 Å². The van der Waals surface area contributed by atoms with Gasteiger partial charge in [0.05, 0.1) is 5.69 Å². The van der Waals surface area contributed by atoms with E-state index in [4.69, 9.17) is 5.73 Å². The van der Waals surface area contributed by atoms with Crippen LogP contribution in [0.25, 0.3) is 22.4 Å². The molecule has 2 heteroatoms. The highest BCUT2D eigenvalue weighted by atomic mass is 15.1. The highest BCUT2D eigenvalue weighted by molar-refractivity contribution is 6.06. The van der Waals surface area contributed by atoms with Crippen LogP contribution in [-0.2, 0) is 0 Å². The smallest absolute Gasteiger partial charge is 0.0546 e. The van der Waals surface area contributed by atoms with Crippen molar-refractivity contribution in [2.24, 2.45) is 5.92 Å². The molecule has 202 valence electrons. The molecule has 39 heavy (non-hydrogen) atoms. The van der Waals surface area contributed by atoms with Crippen molar-refractivity contribution in [3.8, 4) is 0 Å². The SMILES string of the molecule is C=C1/C=C\CCC(C)/C(C)=C\c2c1cc(N(c1ccccc1)c1cccc(N)c1)c1ccccc21.CC.CC. The lowest BCUT2D eigenvalue weighted by atomic mass is 9.87. The average molecular weight is 517 g/mol. The topological polar surface area (TPSA) is 29.3 Å². The molecule has 0 bridgehead atoms. The predicted molar refractivity (Wildman–Crippen MR) is 176 cm³/mol. The Labute approximate surface area is 236 Å². The van der Waals surface area contributed by atoms with Crippen molar-refractivity contribution in [3.05, 3.63) is 120 Å². The first-order chi connectivity index (χ1) is 19.0. The third-order valence-corrected chi connectivity index (χ3v) is 7.03. The summed E-state index contributed by atoms with van der Waals surface area (Å²) in [6.45, 7) is 17.1. The fraction of sp³-hybridized carbons (Fsp3) is 0.243. The Morgan fingerprint density at radius 3 is 2.13 bits per heavy atom. The second-order valence-electron chi connectivity index (χ2n) is 9.46. The minimum atomic E-state index is 0.533. The van der Waals surface area contributed by atoms with Crippen LogP contribution in [0.1, 0.15) is 65.5 Å². The first-order valence-corrected chi connectivity index (χ1v) is 14.3. The Hall–Kier alpha value is -4.04. The third-order valence-electron chi connectivity index (χ3n) is 7.03. The molecule has 2 N–H and O–H groups in total. The maximum absolute atomic E-state index is 6.24. The molecule has 2 nitrogen and oxygen atoms in total. The van der Waals surface area contributed by atoms with Crippen molar-refractivity contribution < 1.29 is 0 Å². The molecule has 0 spiro atoms. The van der Waals surface area contributed by atoms with E-state index in [1.807, 2.05) is 52.0 Å². The van der Waals surface area contributed by atoms with Crippen molar-refractivity contribution in [1.82, 2.24) is 0 Å². The van der Waals surface area contributed by atoms with Crippen molar-refractivity contribution in [2.45, 2.75) is 54.4 Å². The van der Waals surface area contributed by atoms with Crippen LogP contribution in [0, 0.1) is 5.92 Å². The molecule has 1 aliphatic rings. The Bertz CT molecular complexity index is 1440. The van der Waals surface area contributed by atoms with Gasteiger partial charge in [-0.05, 0) is 84.2 Å². The summed E-state index contributed by atoms with van der Waals surface area (Å²) in [5, 5.41) is 2.43. The summed E-state index contributed by atoms with van der Waals surface area (Å²) in [7, 11) is 0. The number of nitrogens with zero attached hydrogens (tertiary/aromatic N) is 1. The summed E-state index contributed by atoms with van der Waals surface area (Å²) in [6.07, 6.45) is 9.04. The number of fused-ring (bicyclic) bond motifs is 3. The quantitative estimate of drug-likeness (QED) is 0.274. The minimum absolute atomic E-state index is 0.533. The molecule has 1 atom stereocenters. The molecule has 0 fully saturated rings. The van der Waals surface area contributed by atoms with Gasteiger partial charge in [-0.1, -0.05) is 114 Å². The Morgan fingerprint density at radius 1 is 0.795 bits per heavy atom. The van der Waals surface area contributed by atoms with Crippen LogP contribution in [0.3, 0.4) is 0 Å². The van der Waals surface area contributed by atoms with Gasteiger partial charge in [-0.2, -0.15) is 0 Å². The van der Waals surface area contributed by atoms with Crippen LogP contribution in [-0.4, -0.2) is 0 Å². The van der Waals surface area contributed by atoms with E-state index in [0.29, 0.717) is 5.92 Å². The summed E-state index contributed by atoms with van der Waals surface area (Å²) in [6, 6.07) is 29.6. The zero-order valence-electron chi connectivity index (χ0n) is 24.5. The Morgan fingerprint density at radius 2 is 1.44 bits per heavy atom. The van der Waals surface area contributed by atoms with Gasteiger partial charge in [-0.15, -0.1) is 0 Å². The molecule has 0 aromatic heterocycles. The van der Waals surface area contributed by atoms with Gasteiger partial charge in [0.1, 0.15) is 0 Å². The first kappa shape index (κ1) is 29.5. The highest BCUT2D eigenvalue weighted by Gasteiger charge is 2.20. The van der Waals surface area contributed by atoms with E-state index in [-0.39, 0.29) is 0 Å². The van der Waals surface area contributed by atoms with E-state index in [1.165, 1.54) is 21.9 Å². The molecule has 5 rings (SSSR count). The van der Waals surface area contributed by atoms with E-state index in [1.54, 1.807) is 0 Å². The summed E-state index contributed by atoms with van der Waals surface area (Å²) in [5.74, 6) is 0.533. The fourth-order valence-electron chi connectivity index (χ4n) is 4.91. The molecule has 1 aliphatic carbocycles. The molecule has 4 aromatic carbocycles. The van der Waals surface area contributed by atoms with E-state index < -0.39 is 0 Å². The van der Waals surface area contributed by atoms with E-state index in [9.17, 15) is 0 Å². The van der Waals surface area contributed by atoms with Crippen molar-refractivity contribution in [3.63, 3.8) is 0 Å². The van der Waals surface area contributed by atoms with Crippen LogP contribution in [0.5, 0.6) is 0 Å². The number of nitrogen functional groups attached to an aromatic ring is 1. The molecule has 1 unspecified atom stereocenters. The second kappa shape index (κ2) is 14.2. The van der Waals surface area contributed by atoms with Gasteiger partial charge in [0, 0.05) is 22.4 Å². The average Bonchev–Trinajstić information content (AvgIpc) is 2.98. The van der Waals surface area contributed by atoms with Crippen LogP contribution in [0.15, 0.2) is 109 Å². The fourth-order valence-corrected chi connectivity index (χ4v) is 4.91. The Kier molecular flexibility index (Phi) is 10.8. The summed E-state index contributed by atoms with van der Waals surface area (Å²) in [4.78, 5) is 2.30. The van der Waals surface area contributed by atoms with E-state index in [2.05, 4.69) is 104 Å². The van der Waals surface area contributed by atoms with Gasteiger partial charge < -0.3 is 10.6 Å². The minimum Gasteiger partial charge on any atom is -0.399 e. The van der Waals surface area contributed by atoms with Gasteiger partial charge in [-0.3, -0.25) is 0 Å². The monoisotopic (exact) mass is 516 g/mol.